The molecular weight excluding hydrogens is 456 g/mol. The summed E-state index contributed by atoms with van der Waals surface area (Å²) in [7, 11) is -3.51. The van der Waals surface area contributed by atoms with Crippen molar-refractivity contribution in [3.63, 3.8) is 0 Å². The monoisotopic (exact) mass is 480 g/mol. The molecule has 0 N–H and O–H groups in total. The number of hydrogen-bond acceptors (Lipinski definition) is 6. The van der Waals surface area contributed by atoms with Crippen molar-refractivity contribution in [3.8, 4) is 11.3 Å². The highest BCUT2D eigenvalue weighted by Crippen LogP contribution is 2.28. The van der Waals surface area contributed by atoms with Gasteiger partial charge in [-0.15, -0.1) is 11.3 Å². The molecule has 8 heteroatoms. The SMILES string of the molecule is Cc1cc2nc(C=Cc3ccc(-c4ccc(S(=O)(=O)N5CCOCC5)cc4)o3)sc2cc1C. The quantitative estimate of drug-likeness (QED) is 0.384. The highest BCUT2D eigenvalue weighted by atomic mass is 32.2. The Morgan fingerprint density at radius 1 is 0.970 bits per heavy atom. The number of furan rings is 1. The predicted octanol–water partition coefficient (Wildman–Crippen LogP) is 5.36. The number of rotatable bonds is 5. The summed E-state index contributed by atoms with van der Waals surface area (Å²) in [6.45, 7) is 5.82. The zero-order valence-corrected chi connectivity index (χ0v) is 20.1. The molecule has 0 spiro atoms. The van der Waals surface area contributed by atoms with Gasteiger partial charge in [0.25, 0.3) is 0 Å². The number of aromatic nitrogens is 1. The molecule has 6 nitrogen and oxygen atoms in total. The van der Waals surface area contributed by atoms with Crippen LogP contribution in [0.5, 0.6) is 0 Å². The number of nitrogens with zero attached hydrogens (tertiary/aromatic N) is 2. The van der Waals surface area contributed by atoms with Gasteiger partial charge in [-0.2, -0.15) is 4.31 Å². The Morgan fingerprint density at radius 3 is 2.45 bits per heavy atom. The number of ether oxygens (including phenoxy) is 1. The lowest BCUT2D eigenvalue weighted by Gasteiger charge is -2.26. The molecule has 33 heavy (non-hydrogen) atoms. The Hall–Kier alpha value is -2.78. The van der Waals surface area contributed by atoms with Gasteiger partial charge in [0.1, 0.15) is 16.5 Å². The Balaban J connectivity index is 1.32. The van der Waals surface area contributed by atoms with E-state index in [1.807, 2.05) is 24.3 Å². The number of hydrogen-bond donors (Lipinski definition) is 0. The van der Waals surface area contributed by atoms with Crippen molar-refractivity contribution in [1.82, 2.24) is 9.29 Å². The summed E-state index contributed by atoms with van der Waals surface area (Å²) in [6, 6.07) is 14.9. The van der Waals surface area contributed by atoms with Crippen molar-refractivity contribution in [3.05, 3.63) is 70.4 Å². The van der Waals surface area contributed by atoms with Crippen LogP contribution in [0.4, 0.5) is 0 Å². The normalized spacial score (nSPS) is 15.6. The minimum Gasteiger partial charge on any atom is -0.457 e. The van der Waals surface area contributed by atoms with Crippen LogP contribution in [0.15, 0.2) is 57.8 Å². The molecule has 1 aliphatic rings. The molecule has 4 aromatic rings. The van der Waals surface area contributed by atoms with Crippen LogP contribution in [0.1, 0.15) is 21.9 Å². The van der Waals surface area contributed by atoms with Crippen LogP contribution in [0.25, 0.3) is 33.7 Å². The van der Waals surface area contributed by atoms with Gasteiger partial charge in [-0.25, -0.2) is 13.4 Å². The van der Waals surface area contributed by atoms with E-state index in [1.54, 1.807) is 35.6 Å². The minimum absolute atomic E-state index is 0.279. The topological polar surface area (TPSA) is 72.6 Å². The van der Waals surface area contributed by atoms with Gasteiger partial charge in [0.2, 0.25) is 10.0 Å². The summed E-state index contributed by atoms with van der Waals surface area (Å²) in [5, 5.41) is 0.922. The van der Waals surface area contributed by atoms with E-state index in [0.29, 0.717) is 37.8 Å². The van der Waals surface area contributed by atoms with Gasteiger partial charge in [-0.1, -0.05) is 0 Å². The minimum atomic E-state index is -3.51. The lowest BCUT2D eigenvalue weighted by molar-refractivity contribution is 0.0730. The summed E-state index contributed by atoms with van der Waals surface area (Å²) in [4.78, 5) is 4.97. The third-order valence-electron chi connectivity index (χ3n) is 5.78. The number of benzene rings is 2. The van der Waals surface area contributed by atoms with E-state index < -0.39 is 10.0 Å². The van der Waals surface area contributed by atoms with Gasteiger partial charge >= 0.3 is 0 Å². The molecule has 1 fully saturated rings. The number of thiazole rings is 1. The summed E-state index contributed by atoms with van der Waals surface area (Å²) in [5.74, 6) is 1.39. The van der Waals surface area contributed by atoms with Crippen LogP contribution in [0, 0.1) is 13.8 Å². The zero-order valence-electron chi connectivity index (χ0n) is 18.4. The molecule has 0 aliphatic carbocycles. The third kappa shape index (κ3) is 4.52. The maximum atomic E-state index is 12.8. The maximum absolute atomic E-state index is 12.8. The molecule has 170 valence electrons. The van der Waals surface area contributed by atoms with E-state index in [1.165, 1.54) is 20.1 Å². The average Bonchev–Trinajstić information content (AvgIpc) is 3.45. The van der Waals surface area contributed by atoms with E-state index in [9.17, 15) is 8.42 Å². The second kappa shape index (κ2) is 8.87. The molecule has 1 saturated heterocycles. The Kier molecular flexibility index (Phi) is 5.92. The number of sulfonamides is 1. The van der Waals surface area contributed by atoms with E-state index in [4.69, 9.17) is 9.15 Å². The van der Waals surface area contributed by atoms with Crippen LogP contribution in [-0.2, 0) is 14.8 Å². The standard InChI is InChI=1S/C25H24N2O4S2/c1-17-15-22-24(16-18(17)2)32-25(26-22)10-6-20-5-9-23(31-20)19-3-7-21(8-4-19)33(28,29)27-11-13-30-14-12-27/h3-10,15-16H,11-14H2,1-2H3. The number of aryl methyl sites for hydroxylation is 2. The summed E-state index contributed by atoms with van der Waals surface area (Å²) < 4.78 is 39.4. The molecule has 3 heterocycles. The fourth-order valence-corrected chi connectivity index (χ4v) is 6.11. The van der Waals surface area contributed by atoms with Crippen LogP contribution in [0.2, 0.25) is 0 Å². The van der Waals surface area contributed by atoms with Gasteiger partial charge in [0, 0.05) is 18.7 Å². The Morgan fingerprint density at radius 2 is 1.70 bits per heavy atom. The zero-order chi connectivity index (χ0) is 23.0. The Bertz CT molecular complexity index is 1390. The maximum Gasteiger partial charge on any atom is 0.243 e. The molecule has 2 aromatic carbocycles. The molecule has 0 amide bonds. The van der Waals surface area contributed by atoms with Crippen molar-refractivity contribution in [2.24, 2.45) is 0 Å². The van der Waals surface area contributed by atoms with Gasteiger partial charge in [0.15, 0.2) is 0 Å². The Labute approximate surface area is 197 Å². The first-order valence-electron chi connectivity index (χ1n) is 10.7. The van der Waals surface area contributed by atoms with Crippen LogP contribution < -0.4 is 0 Å². The van der Waals surface area contributed by atoms with Gasteiger partial charge in [-0.05, 0) is 85.7 Å². The first kappa shape index (κ1) is 22.0. The smallest absolute Gasteiger partial charge is 0.243 e. The molecule has 0 radical (unpaired) electrons. The summed E-state index contributed by atoms with van der Waals surface area (Å²) >= 11 is 1.65. The average molecular weight is 481 g/mol. The van der Waals surface area contributed by atoms with E-state index in [-0.39, 0.29) is 4.90 Å². The first-order chi connectivity index (χ1) is 15.9. The molecule has 0 bridgehead atoms. The largest absolute Gasteiger partial charge is 0.457 e. The van der Waals surface area contributed by atoms with Gasteiger partial charge < -0.3 is 9.15 Å². The summed E-state index contributed by atoms with van der Waals surface area (Å²) in [5.41, 5.74) is 4.33. The van der Waals surface area contributed by atoms with Crippen molar-refractivity contribution in [2.45, 2.75) is 18.7 Å². The predicted molar refractivity (Wildman–Crippen MR) is 132 cm³/mol. The lowest BCUT2D eigenvalue weighted by atomic mass is 10.1. The molecular formula is C25H24N2O4S2. The highest BCUT2D eigenvalue weighted by molar-refractivity contribution is 7.89. The van der Waals surface area contributed by atoms with Crippen molar-refractivity contribution in [1.29, 1.82) is 0 Å². The van der Waals surface area contributed by atoms with Gasteiger partial charge in [-0.3, -0.25) is 0 Å². The van der Waals surface area contributed by atoms with Crippen molar-refractivity contribution in [2.75, 3.05) is 26.3 Å². The lowest BCUT2D eigenvalue weighted by Crippen LogP contribution is -2.40. The van der Waals surface area contributed by atoms with Crippen LogP contribution >= 0.6 is 11.3 Å². The van der Waals surface area contributed by atoms with Crippen molar-refractivity contribution >= 4 is 43.7 Å². The van der Waals surface area contributed by atoms with E-state index >= 15 is 0 Å². The van der Waals surface area contributed by atoms with Crippen LogP contribution in [-0.4, -0.2) is 44.0 Å². The second-order valence-electron chi connectivity index (χ2n) is 8.03. The molecule has 0 atom stereocenters. The summed E-state index contributed by atoms with van der Waals surface area (Å²) in [6.07, 6.45) is 3.86. The second-order valence-corrected chi connectivity index (χ2v) is 11.0. The van der Waals surface area contributed by atoms with Crippen molar-refractivity contribution < 1.29 is 17.6 Å². The first-order valence-corrected chi connectivity index (χ1v) is 13.0. The third-order valence-corrected chi connectivity index (χ3v) is 8.68. The number of fused-ring (bicyclic) bond motifs is 1. The fraction of sp³-hybridized carbons (Fsp3) is 0.240. The van der Waals surface area contributed by atoms with E-state index in [0.717, 1.165) is 16.1 Å². The molecule has 0 saturated carbocycles. The fourth-order valence-electron chi connectivity index (χ4n) is 3.75. The molecule has 1 aliphatic heterocycles. The molecule has 0 unspecified atom stereocenters. The van der Waals surface area contributed by atoms with Crippen LogP contribution in [0.3, 0.4) is 0 Å². The molecule has 5 rings (SSSR count). The number of morpholine rings is 1. The van der Waals surface area contributed by atoms with E-state index in [2.05, 4.69) is 31.0 Å². The highest BCUT2D eigenvalue weighted by Gasteiger charge is 2.26. The van der Waals surface area contributed by atoms with Gasteiger partial charge in [0.05, 0.1) is 28.3 Å². The molecule has 2 aromatic heterocycles.